The van der Waals surface area contributed by atoms with Crippen LogP contribution in [-0.2, 0) is 21.8 Å². The Labute approximate surface area is 247 Å². The van der Waals surface area contributed by atoms with Gasteiger partial charge in [-0.25, -0.2) is 14.2 Å². The van der Waals surface area contributed by atoms with Crippen molar-refractivity contribution in [2.24, 2.45) is 5.41 Å². The summed E-state index contributed by atoms with van der Waals surface area (Å²) in [5.74, 6) is -0.914. The molecule has 0 radical (unpaired) electrons. The van der Waals surface area contributed by atoms with Crippen LogP contribution in [0.2, 0.25) is 5.02 Å². The molecule has 1 spiro atoms. The molecule has 10 heteroatoms. The molecule has 2 aliphatic heterocycles. The fraction of sp³-hybridized carbons (Fsp3) is 0.375. The SMILES string of the molecule is COCCn1cnc2ccc(C(=O)OC3CC34CCN(c3cccc5c3OC(C)(c3ccc(Cl)cc3F)O5)CC4)cc21. The van der Waals surface area contributed by atoms with Crippen molar-refractivity contribution >= 4 is 34.3 Å². The van der Waals surface area contributed by atoms with Gasteiger partial charge in [-0.15, -0.1) is 0 Å². The number of aromatic nitrogens is 2. The van der Waals surface area contributed by atoms with Gasteiger partial charge in [0.15, 0.2) is 11.5 Å². The van der Waals surface area contributed by atoms with E-state index in [9.17, 15) is 9.18 Å². The molecule has 218 valence electrons. The van der Waals surface area contributed by atoms with Crippen LogP contribution in [0, 0.1) is 11.2 Å². The summed E-state index contributed by atoms with van der Waals surface area (Å²) in [5.41, 5.74) is 3.43. The van der Waals surface area contributed by atoms with Crippen LogP contribution in [0.15, 0.2) is 60.9 Å². The maximum Gasteiger partial charge on any atom is 0.338 e. The zero-order valence-electron chi connectivity index (χ0n) is 23.4. The summed E-state index contributed by atoms with van der Waals surface area (Å²) in [6, 6.07) is 15.7. The smallest absolute Gasteiger partial charge is 0.338 e. The minimum absolute atomic E-state index is 0.00718. The van der Waals surface area contributed by atoms with Crippen molar-refractivity contribution in [3.05, 3.63) is 82.9 Å². The Bertz CT molecular complexity index is 1680. The molecule has 1 saturated carbocycles. The molecule has 8 nitrogen and oxygen atoms in total. The van der Waals surface area contributed by atoms with E-state index in [2.05, 4.69) is 9.88 Å². The van der Waals surface area contributed by atoms with Crippen LogP contribution in [0.1, 0.15) is 42.1 Å². The summed E-state index contributed by atoms with van der Waals surface area (Å²) in [4.78, 5) is 19.8. The molecule has 1 saturated heterocycles. The highest BCUT2D eigenvalue weighted by Gasteiger charge is 2.58. The third kappa shape index (κ3) is 4.65. The van der Waals surface area contributed by atoms with E-state index in [-0.39, 0.29) is 23.1 Å². The number of carbonyl (C=O) groups is 1. The largest absolute Gasteiger partial charge is 0.458 e. The van der Waals surface area contributed by atoms with E-state index in [0.717, 1.165) is 49.1 Å². The van der Waals surface area contributed by atoms with Crippen LogP contribution >= 0.6 is 11.6 Å². The molecule has 2 fully saturated rings. The summed E-state index contributed by atoms with van der Waals surface area (Å²) >= 11 is 5.96. The fourth-order valence-electron chi connectivity index (χ4n) is 6.27. The minimum atomic E-state index is -1.30. The van der Waals surface area contributed by atoms with Gasteiger partial charge < -0.3 is 28.4 Å². The van der Waals surface area contributed by atoms with Crippen LogP contribution in [-0.4, -0.2) is 48.4 Å². The van der Waals surface area contributed by atoms with E-state index in [1.54, 1.807) is 38.6 Å². The first-order chi connectivity index (χ1) is 20.3. The van der Waals surface area contributed by atoms with E-state index in [1.807, 2.05) is 34.9 Å². The lowest BCUT2D eigenvalue weighted by Gasteiger charge is -2.34. The van der Waals surface area contributed by atoms with Crippen molar-refractivity contribution in [3.63, 3.8) is 0 Å². The van der Waals surface area contributed by atoms with E-state index in [4.69, 9.17) is 30.5 Å². The molecular weight excluding hydrogens is 561 g/mol. The van der Waals surface area contributed by atoms with Gasteiger partial charge in [-0.3, -0.25) is 0 Å². The molecule has 0 bridgehead atoms. The highest BCUT2D eigenvalue weighted by molar-refractivity contribution is 6.30. The molecule has 2 unspecified atom stereocenters. The molecule has 3 aliphatic rings. The lowest BCUT2D eigenvalue weighted by atomic mass is 9.92. The highest BCUT2D eigenvalue weighted by Crippen LogP contribution is 2.57. The number of rotatable bonds is 7. The summed E-state index contributed by atoms with van der Waals surface area (Å²) in [6.07, 6.45) is 4.31. The number of methoxy groups -OCH3 is 1. The lowest BCUT2D eigenvalue weighted by Crippen LogP contribution is -2.36. The molecule has 2 atom stereocenters. The van der Waals surface area contributed by atoms with Crippen molar-refractivity contribution in [2.75, 3.05) is 31.7 Å². The Morgan fingerprint density at radius 1 is 1.14 bits per heavy atom. The number of para-hydroxylation sites is 1. The zero-order chi connectivity index (χ0) is 29.1. The van der Waals surface area contributed by atoms with Gasteiger partial charge in [-0.05, 0) is 67.8 Å². The molecule has 3 aromatic carbocycles. The summed E-state index contributed by atoms with van der Waals surface area (Å²) in [7, 11) is 1.66. The number of piperidine rings is 1. The maximum absolute atomic E-state index is 14.8. The van der Waals surface area contributed by atoms with Crippen molar-refractivity contribution in [1.82, 2.24) is 9.55 Å². The summed E-state index contributed by atoms with van der Waals surface area (Å²) in [5, 5.41) is 0.314. The Balaban J connectivity index is 1.01. The Morgan fingerprint density at radius 2 is 1.98 bits per heavy atom. The van der Waals surface area contributed by atoms with E-state index >= 15 is 0 Å². The Morgan fingerprint density at radius 3 is 2.76 bits per heavy atom. The Hall–Kier alpha value is -3.82. The van der Waals surface area contributed by atoms with E-state index < -0.39 is 11.6 Å². The first kappa shape index (κ1) is 27.0. The molecule has 0 N–H and O–H groups in total. The number of hydrogen-bond donors (Lipinski definition) is 0. The number of hydrogen-bond acceptors (Lipinski definition) is 7. The van der Waals surface area contributed by atoms with Crippen molar-refractivity contribution in [2.45, 2.75) is 44.6 Å². The number of halogens is 2. The third-order valence-electron chi connectivity index (χ3n) is 8.84. The van der Waals surface area contributed by atoms with Crippen LogP contribution in [0.25, 0.3) is 11.0 Å². The average molecular weight is 592 g/mol. The van der Waals surface area contributed by atoms with Crippen molar-refractivity contribution in [1.29, 1.82) is 0 Å². The van der Waals surface area contributed by atoms with Crippen molar-refractivity contribution < 1.29 is 28.1 Å². The number of benzene rings is 3. The summed E-state index contributed by atoms with van der Waals surface area (Å²) in [6.45, 7) is 4.50. The number of nitrogens with zero attached hydrogens (tertiary/aromatic N) is 3. The lowest BCUT2D eigenvalue weighted by molar-refractivity contribution is -0.0705. The number of imidazole rings is 1. The summed E-state index contributed by atoms with van der Waals surface area (Å²) < 4.78 is 40.4. The first-order valence-corrected chi connectivity index (χ1v) is 14.5. The predicted octanol–water partition coefficient (Wildman–Crippen LogP) is 6.34. The molecule has 42 heavy (non-hydrogen) atoms. The third-order valence-corrected chi connectivity index (χ3v) is 9.07. The Kier molecular flexibility index (Phi) is 6.55. The standard InChI is InChI=1S/C32H31ClFN3O5/c1-31(22-8-7-21(33)17-23(22)34)41-27-5-3-4-25(29(27)42-31)36-12-10-32(11-13-36)18-28(32)40-30(38)20-6-9-24-26(16-20)37(19-35-24)14-15-39-2/h3-9,16-17,19,28H,10-15,18H2,1-2H3. The van der Waals surface area contributed by atoms with Gasteiger partial charge in [0.25, 0.3) is 5.79 Å². The molecule has 1 aliphatic carbocycles. The topological polar surface area (TPSA) is 75.1 Å². The maximum atomic E-state index is 14.8. The molecule has 1 aromatic heterocycles. The normalized spacial score (nSPS) is 22.1. The van der Waals surface area contributed by atoms with Gasteiger partial charge in [0.1, 0.15) is 11.9 Å². The number of ether oxygens (including phenoxy) is 4. The molecule has 7 rings (SSSR count). The minimum Gasteiger partial charge on any atom is -0.458 e. The highest BCUT2D eigenvalue weighted by atomic mass is 35.5. The molecular formula is C32H31ClFN3O5. The molecule has 0 amide bonds. The van der Waals surface area contributed by atoms with Crippen LogP contribution in [0.4, 0.5) is 10.1 Å². The van der Waals surface area contributed by atoms with Crippen LogP contribution in [0.3, 0.4) is 0 Å². The van der Waals surface area contributed by atoms with Gasteiger partial charge in [-0.1, -0.05) is 17.7 Å². The van der Waals surface area contributed by atoms with Gasteiger partial charge in [0.2, 0.25) is 0 Å². The predicted molar refractivity (Wildman–Crippen MR) is 156 cm³/mol. The second-order valence-electron chi connectivity index (χ2n) is 11.5. The first-order valence-electron chi connectivity index (χ1n) is 14.1. The fourth-order valence-corrected chi connectivity index (χ4v) is 6.43. The molecule has 4 aromatic rings. The van der Waals surface area contributed by atoms with E-state index in [0.29, 0.717) is 35.2 Å². The van der Waals surface area contributed by atoms with Crippen molar-refractivity contribution in [3.8, 4) is 11.5 Å². The van der Waals surface area contributed by atoms with Gasteiger partial charge in [-0.2, -0.15) is 0 Å². The average Bonchev–Trinajstić information content (AvgIpc) is 3.28. The van der Waals surface area contributed by atoms with Crippen LogP contribution in [0.5, 0.6) is 11.5 Å². The molecule has 3 heterocycles. The van der Waals surface area contributed by atoms with Gasteiger partial charge in [0, 0.05) is 44.1 Å². The number of anilines is 1. The van der Waals surface area contributed by atoms with Gasteiger partial charge in [0.05, 0.1) is 40.8 Å². The number of fused-ring (bicyclic) bond motifs is 2. The van der Waals surface area contributed by atoms with Crippen LogP contribution < -0.4 is 14.4 Å². The second kappa shape index (κ2) is 10.2. The second-order valence-corrected chi connectivity index (χ2v) is 11.9. The zero-order valence-corrected chi connectivity index (χ0v) is 24.2. The van der Waals surface area contributed by atoms with Gasteiger partial charge >= 0.3 is 5.97 Å². The monoisotopic (exact) mass is 591 g/mol. The quantitative estimate of drug-likeness (QED) is 0.232. The number of esters is 1. The van der Waals surface area contributed by atoms with E-state index in [1.165, 1.54) is 6.07 Å². The number of carbonyl (C=O) groups excluding carboxylic acids is 1.